The van der Waals surface area contributed by atoms with E-state index >= 15 is 0 Å². The summed E-state index contributed by atoms with van der Waals surface area (Å²) in [5, 5.41) is 4.71. The molecule has 3 aromatic rings. The summed E-state index contributed by atoms with van der Waals surface area (Å²) in [5.41, 5.74) is 2.54. The smallest absolute Gasteiger partial charge is 0.251 e. The average molecular weight is 389 g/mol. The van der Waals surface area contributed by atoms with Crippen LogP contribution in [0, 0.1) is 0 Å². The Bertz CT molecular complexity index is 943. The molecule has 0 aliphatic carbocycles. The van der Waals surface area contributed by atoms with E-state index < -0.39 is 0 Å². The van der Waals surface area contributed by atoms with Gasteiger partial charge in [0, 0.05) is 34.2 Å². The van der Waals surface area contributed by atoms with Crippen LogP contribution in [0.2, 0.25) is 5.02 Å². The zero-order chi connectivity index (χ0) is 19.4. The molecule has 2 N–H and O–H groups in total. The molecule has 0 saturated carbocycles. The second-order valence-electron chi connectivity index (χ2n) is 5.92. The first-order valence-corrected chi connectivity index (χ1v) is 8.79. The van der Waals surface area contributed by atoms with Crippen LogP contribution in [0.5, 0.6) is 17.2 Å². The van der Waals surface area contributed by atoms with Crippen molar-refractivity contribution in [2.45, 2.75) is 6.42 Å². The van der Waals surface area contributed by atoms with E-state index in [1.807, 2.05) is 24.4 Å². The van der Waals surface area contributed by atoms with E-state index in [0.717, 1.165) is 16.5 Å². The Morgan fingerprint density at radius 1 is 1.07 bits per heavy atom. The normalized spacial score (nSPS) is 10.7. The molecule has 1 aromatic heterocycles. The van der Waals surface area contributed by atoms with Crippen molar-refractivity contribution in [1.82, 2.24) is 10.3 Å². The van der Waals surface area contributed by atoms with E-state index in [4.69, 9.17) is 25.8 Å². The van der Waals surface area contributed by atoms with Gasteiger partial charge in [-0.2, -0.15) is 0 Å². The maximum absolute atomic E-state index is 12.5. The van der Waals surface area contributed by atoms with Crippen molar-refractivity contribution in [2.75, 3.05) is 27.9 Å². The lowest BCUT2D eigenvalue weighted by Gasteiger charge is -2.14. The van der Waals surface area contributed by atoms with Gasteiger partial charge in [0.25, 0.3) is 5.91 Å². The van der Waals surface area contributed by atoms with Crippen molar-refractivity contribution < 1.29 is 19.0 Å². The van der Waals surface area contributed by atoms with Gasteiger partial charge in [-0.1, -0.05) is 17.7 Å². The second-order valence-corrected chi connectivity index (χ2v) is 6.36. The van der Waals surface area contributed by atoms with Gasteiger partial charge in [-0.05, 0) is 36.2 Å². The van der Waals surface area contributed by atoms with Gasteiger partial charge in [-0.15, -0.1) is 0 Å². The van der Waals surface area contributed by atoms with E-state index in [9.17, 15) is 4.79 Å². The van der Waals surface area contributed by atoms with Gasteiger partial charge in [0.2, 0.25) is 5.75 Å². The number of hydrogen-bond acceptors (Lipinski definition) is 4. The molecule has 0 radical (unpaired) electrons. The van der Waals surface area contributed by atoms with Gasteiger partial charge < -0.3 is 24.5 Å². The average Bonchev–Trinajstić information content (AvgIpc) is 3.08. The fraction of sp³-hybridized carbons (Fsp3) is 0.250. The van der Waals surface area contributed by atoms with E-state index in [1.165, 1.54) is 21.3 Å². The first-order chi connectivity index (χ1) is 13.1. The minimum Gasteiger partial charge on any atom is -0.493 e. The molecule has 0 unspecified atom stereocenters. The summed E-state index contributed by atoms with van der Waals surface area (Å²) in [4.78, 5) is 15.7. The molecule has 2 aromatic carbocycles. The van der Waals surface area contributed by atoms with Crippen LogP contribution in [0.4, 0.5) is 0 Å². The largest absolute Gasteiger partial charge is 0.493 e. The van der Waals surface area contributed by atoms with Crippen LogP contribution in [0.25, 0.3) is 10.9 Å². The van der Waals surface area contributed by atoms with Crippen molar-refractivity contribution in [3.05, 3.63) is 52.7 Å². The monoisotopic (exact) mass is 388 g/mol. The highest BCUT2D eigenvalue weighted by Crippen LogP contribution is 2.38. The lowest BCUT2D eigenvalue weighted by Crippen LogP contribution is -2.25. The highest BCUT2D eigenvalue weighted by Gasteiger charge is 2.17. The van der Waals surface area contributed by atoms with Gasteiger partial charge in [-0.3, -0.25) is 4.79 Å². The van der Waals surface area contributed by atoms with Gasteiger partial charge in [-0.25, -0.2) is 0 Å². The van der Waals surface area contributed by atoms with E-state index in [2.05, 4.69) is 10.3 Å². The highest BCUT2D eigenvalue weighted by atomic mass is 35.5. The predicted molar refractivity (Wildman–Crippen MR) is 105 cm³/mol. The molecule has 0 aliphatic heterocycles. The van der Waals surface area contributed by atoms with Crippen molar-refractivity contribution in [2.24, 2.45) is 0 Å². The van der Waals surface area contributed by atoms with Crippen LogP contribution in [0.3, 0.4) is 0 Å². The lowest BCUT2D eigenvalue weighted by molar-refractivity contribution is 0.0953. The summed E-state index contributed by atoms with van der Waals surface area (Å²) >= 11 is 6.01. The fourth-order valence-corrected chi connectivity index (χ4v) is 3.16. The van der Waals surface area contributed by atoms with Gasteiger partial charge in [0.15, 0.2) is 11.5 Å². The molecular formula is C20H21ClN2O4. The van der Waals surface area contributed by atoms with E-state index in [0.29, 0.717) is 40.8 Å². The zero-order valence-corrected chi connectivity index (χ0v) is 16.1. The molecule has 142 valence electrons. The minimum atomic E-state index is -0.211. The number of aromatic nitrogens is 1. The molecule has 0 spiro atoms. The topological polar surface area (TPSA) is 72.6 Å². The number of halogens is 1. The first kappa shape index (κ1) is 18.9. The third-order valence-electron chi connectivity index (χ3n) is 4.34. The summed E-state index contributed by atoms with van der Waals surface area (Å²) in [6, 6.07) is 8.98. The Balaban J connectivity index is 1.70. The van der Waals surface area contributed by atoms with Crippen LogP contribution in [-0.2, 0) is 6.42 Å². The maximum atomic E-state index is 12.5. The number of ether oxygens (including phenoxy) is 3. The number of carbonyl (C=O) groups excluding carboxylic acids is 1. The van der Waals surface area contributed by atoms with Gasteiger partial charge in [0.05, 0.1) is 21.3 Å². The predicted octanol–water partition coefficient (Wildman–Crippen LogP) is 3.82. The Labute approximate surface area is 162 Å². The number of fused-ring (bicyclic) bond motifs is 1. The third-order valence-corrected chi connectivity index (χ3v) is 4.57. The molecule has 1 amide bonds. The third kappa shape index (κ3) is 3.95. The van der Waals surface area contributed by atoms with Crippen LogP contribution in [-0.4, -0.2) is 38.8 Å². The van der Waals surface area contributed by atoms with Gasteiger partial charge in [0.1, 0.15) is 0 Å². The number of methoxy groups -OCH3 is 3. The number of nitrogens with one attached hydrogen (secondary N) is 2. The van der Waals surface area contributed by atoms with Crippen molar-refractivity contribution in [3.63, 3.8) is 0 Å². The molecule has 1 heterocycles. The SMILES string of the molecule is COc1cc(C(=O)NCCc2c[nH]c3cc(Cl)ccc23)cc(OC)c1OC. The molecule has 7 heteroatoms. The standard InChI is InChI=1S/C20H21ClN2O4/c1-25-17-8-13(9-18(26-2)19(17)27-3)20(24)22-7-6-12-11-23-16-10-14(21)4-5-15(12)16/h4-5,8-11,23H,6-7H2,1-3H3,(H,22,24). The van der Waals surface area contributed by atoms with Crippen molar-refractivity contribution in [3.8, 4) is 17.2 Å². The van der Waals surface area contributed by atoms with Crippen molar-refractivity contribution >= 4 is 28.4 Å². The van der Waals surface area contributed by atoms with Crippen LogP contribution < -0.4 is 19.5 Å². The Hall–Kier alpha value is -2.86. The first-order valence-electron chi connectivity index (χ1n) is 8.41. The Morgan fingerprint density at radius 2 is 1.78 bits per heavy atom. The molecule has 0 bridgehead atoms. The molecular weight excluding hydrogens is 368 g/mol. The van der Waals surface area contributed by atoms with Gasteiger partial charge >= 0.3 is 0 Å². The molecule has 0 saturated heterocycles. The maximum Gasteiger partial charge on any atom is 0.251 e. The number of carbonyl (C=O) groups is 1. The summed E-state index contributed by atoms with van der Waals surface area (Å²) in [6.45, 7) is 0.491. The number of rotatable bonds is 7. The number of amides is 1. The zero-order valence-electron chi connectivity index (χ0n) is 15.4. The van der Waals surface area contributed by atoms with Crippen LogP contribution in [0.15, 0.2) is 36.5 Å². The number of benzene rings is 2. The molecule has 0 aliphatic rings. The highest BCUT2D eigenvalue weighted by molar-refractivity contribution is 6.31. The summed E-state index contributed by atoms with van der Waals surface area (Å²) in [7, 11) is 4.55. The number of aromatic amines is 1. The molecule has 27 heavy (non-hydrogen) atoms. The van der Waals surface area contributed by atoms with E-state index in [-0.39, 0.29) is 5.91 Å². The molecule has 6 nitrogen and oxygen atoms in total. The number of hydrogen-bond donors (Lipinski definition) is 2. The number of H-pyrrole nitrogens is 1. The van der Waals surface area contributed by atoms with E-state index in [1.54, 1.807) is 12.1 Å². The van der Waals surface area contributed by atoms with Crippen LogP contribution in [0.1, 0.15) is 15.9 Å². The Kier molecular flexibility index (Phi) is 5.76. The minimum absolute atomic E-state index is 0.211. The molecule has 0 fully saturated rings. The molecule has 0 atom stereocenters. The quantitative estimate of drug-likeness (QED) is 0.645. The summed E-state index contributed by atoms with van der Waals surface area (Å²) in [5.74, 6) is 1.12. The second kappa shape index (κ2) is 8.22. The molecule has 3 rings (SSSR count). The van der Waals surface area contributed by atoms with Crippen LogP contribution >= 0.6 is 11.6 Å². The fourth-order valence-electron chi connectivity index (χ4n) is 2.99. The lowest BCUT2D eigenvalue weighted by atomic mass is 10.1. The summed E-state index contributed by atoms with van der Waals surface area (Å²) < 4.78 is 15.9. The summed E-state index contributed by atoms with van der Waals surface area (Å²) in [6.07, 6.45) is 2.63. The Morgan fingerprint density at radius 3 is 2.41 bits per heavy atom. The van der Waals surface area contributed by atoms with Crippen molar-refractivity contribution in [1.29, 1.82) is 0 Å².